The van der Waals surface area contributed by atoms with Gasteiger partial charge in [-0.15, -0.1) is 0 Å². The van der Waals surface area contributed by atoms with Gasteiger partial charge in [0.25, 0.3) is 0 Å². The molecule has 0 atom stereocenters. The second-order valence-corrected chi connectivity index (χ2v) is 6.64. The zero-order valence-corrected chi connectivity index (χ0v) is 15.0. The molecule has 1 saturated heterocycles. The number of nitrogens with zero attached hydrogens (tertiary/aromatic N) is 5. The minimum absolute atomic E-state index is 0.0792. The average Bonchev–Trinajstić information content (AvgIpc) is 2.73. The van der Waals surface area contributed by atoms with E-state index >= 15 is 0 Å². The van der Waals surface area contributed by atoms with Gasteiger partial charge >= 0.3 is 0 Å². The van der Waals surface area contributed by atoms with Gasteiger partial charge in [0.05, 0.1) is 16.8 Å². The van der Waals surface area contributed by atoms with Crippen molar-refractivity contribution in [2.75, 3.05) is 23.3 Å². The van der Waals surface area contributed by atoms with E-state index in [1.165, 1.54) is 24.7 Å². The molecule has 0 bridgehead atoms. The number of carbonyl (C=O) groups is 1. The fourth-order valence-corrected chi connectivity index (χ4v) is 3.53. The number of nitrogens with one attached hydrogen (secondary N) is 1. The van der Waals surface area contributed by atoms with Crippen LogP contribution in [0.2, 0.25) is 0 Å². The fourth-order valence-electron chi connectivity index (χ4n) is 3.53. The number of rotatable bonds is 3. The van der Waals surface area contributed by atoms with Gasteiger partial charge < -0.3 is 10.2 Å². The van der Waals surface area contributed by atoms with Crippen LogP contribution in [0.15, 0.2) is 43.0 Å². The molecule has 0 saturated carbocycles. The summed E-state index contributed by atoms with van der Waals surface area (Å²) >= 11 is 0. The van der Waals surface area contributed by atoms with Crippen LogP contribution in [-0.2, 0) is 4.79 Å². The number of carbonyl (C=O) groups excluding carboxylic acids is 1. The second-order valence-electron chi connectivity index (χ2n) is 6.64. The summed E-state index contributed by atoms with van der Waals surface area (Å²) in [6, 6.07) is 8.17. The Kier molecular flexibility index (Phi) is 4.81. The maximum atomic E-state index is 13.8. The summed E-state index contributed by atoms with van der Waals surface area (Å²) in [5.41, 5.74) is 1.72. The van der Waals surface area contributed by atoms with E-state index in [9.17, 15) is 14.4 Å². The molecule has 2 aromatic heterocycles. The molecule has 140 valence electrons. The molecule has 0 aliphatic carbocycles. The summed E-state index contributed by atoms with van der Waals surface area (Å²) in [5.74, 6) is -0.124. The lowest BCUT2D eigenvalue weighted by Gasteiger charge is -2.34. The predicted octanol–water partition coefficient (Wildman–Crippen LogP) is 2.89. The highest BCUT2D eigenvalue weighted by atomic mass is 19.1. The van der Waals surface area contributed by atoms with E-state index in [1.54, 1.807) is 18.3 Å². The van der Waals surface area contributed by atoms with Crippen LogP contribution in [-0.4, -0.2) is 33.9 Å². The van der Waals surface area contributed by atoms with Crippen LogP contribution in [0.4, 0.5) is 15.9 Å². The Balaban J connectivity index is 1.53. The molecule has 7 nitrogen and oxygen atoms in total. The van der Waals surface area contributed by atoms with E-state index in [0.717, 1.165) is 0 Å². The minimum Gasteiger partial charge on any atom is -0.370 e. The van der Waals surface area contributed by atoms with E-state index in [-0.39, 0.29) is 17.6 Å². The summed E-state index contributed by atoms with van der Waals surface area (Å²) in [7, 11) is 0. The fraction of sp³-hybridized carbons (Fsp3) is 0.250. The minimum atomic E-state index is -0.371. The number of halogens is 1. The Morgan fingerprint density at radius 1 is 1.25 bits per heavy atom. The molecule has 28 heavy (non-hydrogen) atoms. The molecule has 1 N–H and O–H groups in total. The molecule has 1 aliphatic rings. The van der Waals surface area contributed by atoms with Gasteiger partial charge in [0, 0.05) is 36.8 Å². The highest BCUT2D eigenvalue weighted by Gasteiger charge is 2.27. The molecule has 0 unspecified atom stereocenters. The Morgan fingerprint density at radius 3 is 2.79 bits per heavy atom. The largest absolute Gasteiger partial charge is 0.370 e. The predicted molar refractivity (Wildman–Crippen MR) is 102 cm³/mol. The van der Waals surface area contributed by atoms with Crippen molar-refractivity contribution in [2.24, 2.45) is 5.92 Å². The molecule has 1 aromatic carbocycles. The van der Waals surface area contributed by atoms with E-state index in [2.05, 4.69) is 26.3 Å². The SMILES string of the molecule is N#Cc1cnc2ccc(F)cc2c1N1CCC(C(=O)Nc2ccncn2)CC1. The third-order valence-corrected chi connectivity index (χ3v) is 4.94. The Morgan fingerprint density at radius 2 is 2.07 bits per heavy atom. The Labute approximate surface area is 160 Å². The summed E-state index contributed by atoms with van der Waals surface area (Å²) in [6.07, 6.45) is 5.73. The molecular weight excluding hydrogens is 359 g/mol. The van der Waals surface area contributed by atoms with Crippen LogP contribution in [0.25, 0.3) is 10.9 Å². The first kappa shape index (κ1) is 17.8. The molecule has 8 heteroatoms. The van der Waals surface area contributed by atoms with Gasteiger partial charge in [0.1, 0.15) is 24.0 Å². The Hall–Kier alpha value is -3.60. The first-order valence-corrected chi connectivity index (χ1v) is 8.96. The summed E-state index contributed by atoms with van der Waals surface area (Å²) < 4.78 is 13.8. The third kappa shape index (κ3) is 3.47. The van der Waals surface area contributed by atoms with E-state index in [4.69, 9.17) is 0 Å². The lowest BCUT2D eigenvalue weighted by atomic mass is 9.94. The number of benzene rings is 1. The van der Waals surface area contributed by atoms with E-state index in [0.29, 0.717) is 53.9 Å². The molecule has 1 aliphatic heterocycles. The number of nitriles is 1. The van der Waals surface area contributed by atoms with Gasteiger partial charge in [-0.25, -0.2) is 14.4 Å². The summed E-state index contributed by atoms with van der Waals surface area (Å²) in [4.78, 5) is 26.6. The van der Waals surface area contributed by atoms with E-state index < -0.39 is 0 Å². The quantitative estimate of drug-likeness (QED) is 0.755. The smallest absolute Gasteiger partial charge is 0.228 e. The van der Waals surface area contributed by atoms with Gasteiger partial charge in [0.2, 0.25) is 5.91 Å². The molecule has 3 aromatic rings. The third-order valence-electron chi connectivity index (χ3n) is 4.94. The summed E-state index contributed by atoms with van der Waals surface area (Å²) in [5, 5.41) is 12.9. The number of anilines is 2. The highest BCUT2D eigenvalue weighted by molar-refractivity contribution is 5.95. The highest BCUT2D eigenvalue weighted by Crippen LogP contribution is 2.33. The topological polar surface area (TPSA) is 94.8 Å². The van der Waals surface area contributed by atoms with Gasteiger partial charge in [-0.1, -0.05) is 0 Å². The van der Waals surface area contributed by atoms with Crippen molar-refractivity contribution >= 4 is 28.3 Å². The van der Waals surface area contributed by atoms with Crippen molar-refractivity contribution < 1.29 is 9.18 Å². The van der Waals surface area contributed by atoms with Gasteiger partial charge in [-0.3, -0.25) is 9.78 Å². The van der Waals surface area contributed by atoms with Crippen molar-refractivity contribution in [1.82, 2.24) is 15.0 Å². The first-order valence-electron chi connectivity index (χ1n) is 8.96. The van der Waals surface area contributed by atoms with Crippen LogP contribution in [0.3, 0.4) is 0 Å². The Bertz CT molecular complexity index is 1060. The molecule has 4 rings (SSSR count). The normalized spacial score (nSPS) is 14.6. The first-order chi connectivity index (χ1) is 13.7. The number of amides is 1. The number of pyridine rings is 1. The molecule has 1 amide bonds. The van der Waals surface area contributed by atoms with Crippen molar-refractivity contribution in [3.05, 3.63) is 54.4 Å². The van der Waals surface area contributed by atoms with Gasteiger partial charge in [-0.2, -0.15) is 5.26 Å². The standard InChI is InChI=1S/C20H17FN6O/c21-15-1-2-17-16(9-15)19(14(10-22)11-24-17)27-7-4-13(5-8-27)20(28)26-18-3-6-23-12-25-18/h1-3,6,9,11-13H,4-5,7-8H2,(H,23,25,26,28). The van der Waals surface area contributed by atoms with E-state index in [1.807, 2.05) is 4.90 Å². The maximum Gasteiger partial charge on any atom is 0.228 e. The van der Waals surface area contributed by atoms with Crippen LogP contribution in [0.1, 0.15) is 18.4 Å². The van der Waals surface area contributed by atoms with Gasteiger partial charge in [0.15, 0.2) is 0 Å². The van der Waals surface area contributed by atoms with Crippen molar-refractivity contribution in [2.45, 2.75) is 12.8 Å². The van der Waals surface area contributed by atoms with Crippen LogP contribution >= 0.6 is 0 Å². The maximum absolute atomic E-state index is 13.8. The molecule has 0 radical (unpaired) electrons. The van der Waals surface area contributed by atoms with Crippen LogP contribution < -0.4 is 10.2 Å². The van der Waals surface area contributed by atoms with Crippen LogP contribution in [0.5, 0.6) is 0 Å². The van der Waals surface area contributed by atoms with Crippen LogP contribution in [0, 0.1) is 23.1 Å². The molecular formula is C20H17FN6O. The number of piperidine rings is 1. The lowest BCUT2D eigenvalue weighted by molar-refractivity contribution is -0.120. The monoisotopic (exact) mass is 376 g/mol. The number of hydrogen-bond donors (Lipinski definition) is 1. The van der Waals surface area contributed by atoms with Crippen molar-refractivity contribution in [3.8, 4) is 6.07 Å². The number of fused-ring (bicyclic) bond motifs is 1. The second kappa shape index (κ2) is 7.56. The summed E-state index contributed by atoms with van der Waals surface area (Å²) in [6.45, 7) is 1.18. The zero-order chi connectivity index (χ0) is 19.5. The van der Waals surface area contributed by atoms with Gasteiger partial charge in [-0.05, 0) is 37.1 Å². The average molecular weight is 376 g/mol. The number of hydrogen-bond acceptors (Lipinski definition) is 6. The van der Waals surface area contributed by atoms with Crippen molar-refractivity contribution in [3.63, 3.8) is 0 Å². The number of aromatic nitrogens is 3. The molecule has 3 heterocycles. The molecule has 0 spiro atoms. The molecule has 1 fully saturated rings. The lowest BCUT2D eigenvalue weighted by Crippen LogP contribution is -2.38. The van der Waals surface area contributed by atoms with Crippen molar-refractivity contribution in [1.29, 1.82) is 5.26 Å². The zero-order valence-electron chi connectivity index (χ0n) is 15.0.